The van der Waals surface area contributed by atoms with E-state index >= 15 is 0 Å². The summed E-state index contributed by atoms with van der Waals surface area (Å²) in [7, 11) is 0. The van der Waals surface area contributed by atoms with Gasteiger partial charge in [-0.25, -0.2) is 0 Å². The predicted octanol–water partition coefficient (Wildman–Crippen LogP) is 4.34. The van der Waals surface area contributed by atoms with Gasteiger partial charge in [-0.2, -0.15) is 0 Å². The van der Waals surface area contributed by atoms with Crippen molar-refractivity contribution in [1.82, 2.24) is 0 Å². The van der Waals surface area contributed by atoms with Crippen LogP contribution in [0.1, 0.15) is 36.8 Å². The fourth-order valence-electron chi connectivity index (χ4n) is 2.58. The molecule has 0 aliphatic carbocycles. The third-order valence-electron chi connectivity index (χ3n) is 3.96. The Bertz CT molecular complexity index is 527. The Hall–Kier alpha value is -1.68. The molecule has 0 aromatic heterocycles. The summed E-state index contributed by atoms with van der Waals surface area (Å²) in [5.74, 6) is 0. The Balaban J connectivity index is 1.57. The quantitative estimate of drug-likeness (QED) is 0.589. The second-order valence-corrected chi connectivity index (χ2v) is 5.96. The van der Waals surface area contributed by atoms with Crippen molar-refractivity contribution in [2.24, 2.45) is 0 Å². The molecular weight excluding hydrogens is 300 g/mol. The van der Waals surface area contributed by atoms with E-state index in [1.54, 1.807) is 0 Å². The van der Waals surface area contributed by atoms with Crippen LogP contribution in [0.4, 0.5) is 0 Å². The van der Waals surface area contributed by atoms with Gasteiger partial charge in [0.05, 0.1) is 19.3 Å². The number of rotatable bonds is 12. The van der Waals surface area contributed by atoms with Gasteiger partial charge >= 0.3 is 0 Å². The topological polar surface area (TPSA) is 38.7 Å². The van der Waals surface area contributed by atoms with E-state index in [0.717, 1.165) is 25.9 Å². The maximum Gasteiger partial charge on any atom is 0.0720 e. The van der Waals surface area contributed by atoms with Crippen LogP contribution in [0.5, 0.6) is 0 Å². The van der Waals surface area contributed by atoms with Crippen LogP contribution in [0.25, 0.3) is 0 Å². The molecule has 0 bridgehead atoms. The van der Waals surface area contributed by atoms with Gasteiger partial charge in [0.2, 0.25) is 0 Å². The normalized spacial score (nSPS) is 12.2. The summed E-state index contributed by atoms with van der Waals surface area (Å²) in [6, 6.07) is 20.4. The van der Waals surface area contributed by atoms with Crippen molar-refractivity contribution >= 4 is 0 Å². The number of unbranched alkanes of at least 4 members (excludes halogenated alkanes) is 1. The van der Waals surface area contributed by atoms with Crippen LogP contribution in [0.3, 0.4) is 0 Å². The fraction of sp³-hybridized carbons (Fsp3) is 0.429. The molecule has 1 atom stereocenters. The van der Waals surface area contributed by atoms with Crippen LogP contribution in [-0.4, -0.2) is 24.4 Å². The molecule has 0 unspecified atom stereocenters. The van der Waals surface area contributed by atoms with E-state index in [1.807, 2.05) is 36.4 Å². The average molecular weight is 328 g/mol. The zero-order valence-corrected chi connectivity index (χ0v) is 14.3. The van der Waals surface area contributed by atoms with Crippen LogP contribution in [-0.2, 0) is 22.7 Å². The van der Waals surface area contributed by atoms with Crippen molar-refractivity contribution in [3.05, 3.63) is 71.8 Å². The van der Waals surface area contributed by atoms with Crippen molar-refractivity contribution in [2.75, 3.05) is 13.2 Å². The summed E-state index contributed by atoms with van der Waals surface area (Å²) in [5.41, 5.74) is 2.38. The van der Waals surface area contributed by atoms with Gasteiger partial charge in [-0.15, -0.1) is 0 Å². The molecule has 3 nitrogen and oxygen atoms in total. The van der Waals surface area contributed by atoms with Crippen molar-refractivity contribution < 1.29 is 14.6 Å². The lowest BCUT2D eigenvalue weighted by atomic mass is 10.1. The molecule has 0 saturated carbocycles. The smallest absolute Gasteiger partial charge is 0.0720 e. The molecule has 2 rings (SSSR count). The van der Waals surface area contributed by atoms with Gasteiger partial charge in [-0.3, -0.25) is 0 Å². The van der Waals surface area contributed by atoms with Crippen molar-refractivity contribution in [2.45, 2.75) is 45.0 Å². The summed E-state index contributed by atoms with van der Waals surface area (Å²) >= 11 is 0. The van der Waals surface area contributed by atoms with Crippen molar-refractivity contribution in [3.8, 4) is 0 Å². The lowest BCUT2D eigenvalue weighted by Gasteiger charge is -2.17. The molecule has 0 spiro atoms. The van der Waals surface area contributed by atoms with Crippen molar-refractivity contribution in [3.63, 3.8) is 0 Å². The van der Waals surface area contributed by atoms with Crippen LogP contribution in [0.2, 0.25) is 0 Å². The van der Waals surface area contributed by atoms with Gasteiger partial charge in [0.25, 0.3) is 0 Å². The monoisotopic (exact) mass is 328 g/mol. The van der Waals surface area contributed by atoms with E-state index in [1.165, 1.54) is 11.1 Å². The molecule has 130 valence electrons. The molecule has 24 heavy (non-hydrogen) atoms. The maximum atomic E-state index is 9.20. The summed E-state index contributed by atoms with van der Waals surface area (Å²) in [6.45, 7) is 2.21. The lowest BCUT2D eigenvalue weighted by Crippen LogP contribution is -2.15. The van der Waals surface area contributed by atoms with Crippen LogP contribution < -0.4 is 0 Å². The highest BCUT2D eigenvalue weighted by atomic mass is 16.5. The minimum absolute atomic E-state index is 0.115. The fourth-order valence-corrected chi connectivity index (χ4v) is 2.58. The van der Waals surface area contributed by atoms with E-state index < -0.39 is 0 Å². The third kappa shape index (κ3) is 7.73. The Morgan fingerprint density at radius 2 is 1.38 bits per heavy atom. The lowest BCUT2D eigenvalue weighted by molar-refractivity contribution is 0.0157. The van der Waals surface area contributed by atoms with E-state index in [9.17, 15) is 5.11 Å². The number of aliphatic hydroxyl groups is 1. The molecule has 3 heteroatoms. The number of ether oxygens (including phenoxy) is 2. The molecule has 2 aromatic carbocycles. The molecule has 0 heterocycles. The summed E-state index contributed by atoms with van der Waals surface area (Å²) in [6.07, 6.45) is 3.83. The average Bonchev–Trinajstić information content (AvgIpc) is 2.64. The summed E-state index contributed by atoms with van der Waals surface area (Å²) in [5, 5.41) is 9.20. The van der Waals surface area contributed by atoms with E-state index in [4.69, 9.17) is 9.47 Å². The molecule has 0 amide bonds. The number of benzene rings is 2. The second-order valence-electron chi connectivity index (χ2n) is 5.96. The first-order valence-corrected chi connectivity index (χ1v) is 8.76. The molecule has 0 saturated heterocycles. The highest BCUT2D eigenvalue weighted by Crippen LogP contribution is 2.12. The summed E-state index contributed by atoms with van der Waals surface area (Å²) < 4.78 is 11.6. The highest BCUT2D eigenvalue weighted by molar-refractivity contribution is 5.14. The van der Waals surface area contributed by atoms with Gasteiger partial charge < -0.3 is 14.6 Å². The van der Waals surface area contributed by atoms with Gasteiger partial charge in [-0.05, 0) is 36.8 Å². The minimum atomic E-state index is 0.115. The van der Waals surface area contributed by atoms with Crippen LogP contribution >= 0.6 is 0 Å². The van der Waals surface area contributed by atoms with E-state index in [0.29, 0.717) is 19.6 Å². The van der Waals surface area contributed by atoms with Crippen LogP contribution in [0.15, 0.2) is 60.7 Å². The molecule has 2 aromatic rings. The van der Waals surface area contributed by atoms with Crippen LogP contribution in [0, 0.1) is 0 Å². The molecule has 1 N–H and O–H groups in total. The maximum absolute atomic E-state index is 9.20. The number of hydrogen-bond acceptors (Lipinski definition) is 3. The van der Waals surface area contributed by atoms with E-state index in [-0.39, 0.29) is 12.7 Å². The zero-order valence-electron chi connectivity index (χ0n) is 14.3. The standard InChI is InChI=1S/C21H28O3/c22-15-14-21(24-18-20-11-5-2-6-12-20)13-7-8-16-23-17-19-9-3-1-4-10-19/h1-6,9-12,21-22H,7-8,13-18H2/t21-/m1/s1. The van der Waals surface area contributed by atoms with E-state index in [2.05, 4.69) is 24.3 Å². The molecule has 0 aliphatic heterocycles. The highest BCUT2D eigenvalue weighted by Gasteiger charge is 2.08. The second kappa shape index (κ2) is 11.8. The first-order valence-electron chi connectivity index (χ1n) is 8.76. The Labute approximate surface area is 145 Å². The van der Waals surface area contributed by atoms with Crippen molar-refractivity contribution in [1.29, 1.82) is 0 Å². The Kier molecular flexibility index (Phi) is 9.17. The SMILES string of the molecule is OCC[C@@H](CCCCOCc1ccccc1)OCc1ccccc1. The van der Waals surface area contributed by atoms with Gasteiger partial charge in [-0.1, -0.05) is 60.7 Å². The summed E-state index contributed by atoms with van der Waals surface area (Å²) in [4.78, 5) is 0. The number of aliphatic hydroxyl groups excluding tert-OH is 1. The number of hydrogen-bond donors (Lipinski definition) is 1. The zero-order chi connectivity index (χ0) is 16.9. The minimum Gasteiger partial charge on any atom is -0.396 e. The Morgan fingerprint density at radius 3 is 2.00 bits per heavy atom. The third-order valence-corrected chi connectivity index (χ3v) is 3.96. The molecule has 0 fully saturated rings. The first kappa shape index (κ1) is 18.7. The van der Waals surface area contributed by atoms with Gasteiger partial charge in [0, 0.05) is 13.2 Å². The van der Waals surface area contributed by atoms with Gasteiger partial charge in [0.1, 0.15) is 0 Å². The first-order chi connectivity index (χ1) is 11.9. The molecule has 0 radical (unpaired) electrons. The molecular formula is C21H28O3. The Morgan fingerprint density at radius 1 is 0.750 bits per heavy atom. The molecule has 0 aliphatic rings. The van der Waals surface area contributed by atoms with Gasteiger partial charge in [0.15, 0.2) is 0 Å². The predicted molar refractivity (Wildman–Crippen MR) is 96.7 cm³/mol. The largest absolute Gasteiger partial charge is 0.396 e.